The first kappa shape index (κ1) is 20.3. The number of anilines is 2. The first-order chi connectivity index (χ1) is 15.0. The molecule has 4 rings (SSSR count). The topological polar surface area (TPSA) is 86.2 Å². The van der Waals surface area contributed by atoms with Crippen LogP contribution in [0.15, 0.2) is 65.3 Å². The molecule has 4 aromatic rings. The van der Waals surface area contributed by atoms with Gasteiger partial charge in [-0.1, -0.05) is 29.4 Å². The van der Waals surface area contributed by atoms with Crippen LogP contribution in [0.3, 0.4) is 0 Å². The van der Waals surface area contributed by atoms with Crippen molar-refractivity contribution >= 4 is 11.5 Å². The molecule has 3 N–H and O–H groups in total. The number of nitrogen functional groups attached to an aromatic ring is 1. The van der Waals surface area contributed by atoms with Crippen LogP contribution in [-0.4, -0.2) is 17.3 Å². The Balaban J connectivity index is 1.41. The van der Waals surface area contributed by atoms with Crippen LogP contribution in [0.5, 0.6) is 5.75 Å². The summed E-state index contributed by atoms with van der Waals surface area (Å²) in [5.41, 5.74) is 9.59. The summed E-state index contributed by atoms with van der Waals surface area (Å²) in [4.78, 5) is 4.05. The van der Waals surface area contributed by atoms with E-state index in [-0.39, 0.29) is 11.4 Å². The molecule has 6 nitrogen and oxygen atoms in total. The summed E-state index contributed by atoms with van der Waals surface area (Å²) in [7, 11) is 1.34. The van der Waals surface area contributed by atoms with Crippen LogP contribution in [0.1, 0.15) is 16.8 Å². The SMILES string of the molecule is COc1c(F)cc(F)cc1NCc1ccc(Cc2cc(-c3cccnc3N)on2)cc1. The van der Waals surface area contributed by atoms with Gasteiger partial charge in [-0.3, -0.25) is 0 Å². The van der Waals surface area contributed by atoms with Crippen molar-refractivity contribution in [1.29, 1.82) is 0 Å². The standard InChI is InChI=1S/C23H20F2N4O2/c1-30-22-19(25)10-16(24)11-20(22)28-13-15-6-4-14(5-7-15)9-17-12-21(31-29-17)18-3-2-8-27-23(18)26/h2-8,10-12,28H,9,13H2,1H3,(H2,26,27). The normalized spacial score (nSPS) is 10.8. The molecule has 31 heavy (non-hydrogen) atoms. The van der Waals surface area contributed by atoms with E-state index in [0.717, 1.165) is 22.9 Å². The minimum absolute atomic E-state index is 0.0193. The van der Waals surface area contributed by atoms with E-state index in [1.54, 1.807) is 12.3 Å². The van der Waals surface area contributed by atoms with Gasteiger partial charge in [0.25, 0.3) is 0 Å². The fourth-order valence-electron chi connectivity index (χ4n) is 3.23. The van der Waals surface area contributed by atoms with Crippen LogP contribution in [-0.2, 0) is 13.0 Å². The lowest BCUT2D eigenvalue weighted by molar-refractivity contribution is 0.386. The molecular formula is C23H20F2N4O2. The number of methoxy groups -OCH3 is 1. The maximum Gasteiger partial charge on any atom is 0.177 e. The first-order valence-corrected chi connectivity index (χ1v) is 9.54. The van der Waals surface area contributed by atoms with Gasteiger partial charge in [-0.05, 0) is 23.3 Å². The highest BCUT2D eigenvalue weighted by Crippen LogP contribution is 2.29. The van der Waals surface area contributed by atoms with Crippen molar-refractivity contribution in [3.63, 3.8) is 0 Å². The number of benzene rings is 2. The molecule has 158 valence electrons. The Morgan fingerprint density at radius 2 is 1.84 bits per heavy atom. The minimum atomic E-state index is -0.750. The van der Waals surface area contributed by atoms with E-state index >= 15 is 0 Å². The third-order valence-corrected chi connectivity index (χ3v) is 4.77. The Bertz CT molecular complexity index is 1190. The smallest absolute Gasteiger partial charge is 0.177 e. The van der Waals surface area contributed by atoms with E-state index in [0.29, 0.717) is 30.1 Å². The highest BCUT2D eigenvalue weighted by Gasteiger charge is 2.13. The quantitative estimate of drug-likeness (QED) is 0.445. The van der Waals surface area contributed by atoms with Gasteiger partial charge >= 0.3 is 0 Å². The van der Waals surface area contributed by atoms with Crippen molar-refractivity contribution in [3.05, 3.63) is 89.2 Å². The van der Waals surface area contributed by atoms with E-state index in [4.69, 9.17) is 15.0 Å². The fraction of sp³-hybridized carbons (Fsp3) is 0.130. The van der Waals surface area contributed by atoms with Crippen molar-refractivity contribution in [2.45, 2.75) is 13.0 Å². The van der Waals surface area contributed by atoms with Crippen LogP contribution in [0, 0.1) is 11.6 Å². The average Bonchev–Trinajstić information content (AvgIpc) is 3.21. The van der Waals surface area contributed by atoms with Gasteiger partial charge in [-0.2, -0.15) is 0 Å². The number of nitrogens with two attached hydrogens (primary N) is 1. The van der Waals surface area contributed by atoms with E-state index in [1.165, 1.54) is 13.2 Å². The lowest BCUT2D eigenvalue weighted by Crippen LogP contribution is -2.03. The van der Waals surface area contributed by atoms with Gasteiger partial charge < -0.3 is 20.3 Å². The lowest BCUT2D eigenvalue weighted by atomic mass is 10.1. The van der Waals surface area contributed by atoms with E-state index in [1.807, 2.05) is 36.4 Å². The molecule has 2 aromatic carbocycles. The Kier molecular flexibility index (Phi) is 5.79. The van der Waals surface area contributed by atoms with Gasteiger partial charge in [0, 0.05) is 37.4 Å². The molecular weight excluding hydrogens is 402 g/mol. The number of hydrogen-bond donors (Lipinski definition) is 2. The largest absolute Gasteiger partial charge is 0.492 e. The fourth-order valence-corrected chi connectivity index (χ4v) is 3.23. The number of halogens is 2. The van der Waals surface area contributed by atoms with Crippen LogP contribution >= 0.6 is 0 Å². The van der Waals surface area contributed by atoms with Crippen LogP contribution < -0.4 is 15.8 Å². The number of hydrogen-bond acceptors (Lipinski definition) is 6. The second kappa shape index (κ2) is 8.83. The molecule has 0 aliphatic rings. The minimum Gasteiger partial charge on any atom is -0.492 e. The summed E-state index contributed by atoms with van der Waals surface area (Å²) in [6, 6.07) is 15.2. The number of pyridine rings is 1. The Hall–Kier alpha value is -3.94. The zero-order valence-electron chi connectivity index (χ0n) is 16.7. The predicted molar refractivity (Wildman–Crippen MR) is 114 cm³/mol. The van der Waals surface area contributed by atoms with Crippen molar-refractivity contribution in [2.24, 2.45) is 0 Å². The summed E-state index contributed by atoms with van der Waals surface area (Å²) >= 11 is 0. The first-order valence-electron chi connectivity index (χ1n) is 9.54. The molecule has 0 amide bonds. The highest BCUT2D eigenvalue weighted by molar-refractivity contribution is 5.69. The van der Waals surface area contributed by atoms with Crippen molar-refractivity contribution in [2.75, 3.05) is 18.2 Å². The van der Waals surface area contributed by atoms with Gasteiger partial charge in [-0.25, -0.2) is 13.8 Å². The highest BCUT2D eigenvalue weighted by atomic mass is 19.1. The third kappa shape index (κ3) is 4.63. The molecule has 0 unspecified atom stereocenters. The second-order valence-electron chi connectivity index (χ2n) is 6.93. The molecule has 0 saturated carbocycles. The molecule has 0 atom stereocenters. The average molecular weight is 422 g/mol. The van der Waals surface area contributed by atoms with E-state index in [2.05, 4.69) is 15.5 Å². The lowest BCUT2D eigenvalue weighted by Gasteiger charge is -2.12. The van der Waals surface area contributed by atoms with Crippen LogP contribution in [0.4, 0.5) is 20.3 Å². The van der Waals surface area contributed by atoms with Gasteiger partial charge in [-0.15, -0.1) is 0 Å². The summed E-state index contributed by atoms with van der Waals surface area (Å²) < 4.78 is 37.7. The maximum absolute atomic E-state index is 13.8. The zero-order valence-corrected chi connectivity index (χ0v) is 16.7. The van der Waals surface area contributed by atoms with Gasteiger partial charge in [0.15, 0.2) is 17.3 Å². The molecule has 0 aliphatic heterocycles. The van der Waals surface area contributed by atoms with Crippen molar-refractivity contribution in [3.8, 4) is 17.1 Å². The summed E-state index contributed by atoms with van der Waals surface area (Å²) in [5, 5.41) is 7.12. The van der Waals surface area contributed by atoms with Gasteiger partial charge in [0.1, 0.15) is 11.6 Å². The number of nitrogens with one attached hydrogen (secondary N) is 1. The summed E-state index contributed by atoms with van der Waals surface area (Å²) in [6.07, 6.45) is 2.20. The monoisotopic (exact) mass is 422 g/mol. The Labute approximate surface area is 177 Å². The Morgan fingerprint density at radius 1 is 1.06 bits per heavy atom. The summed E-state index contributed by atoms with van der Waals surface area (Å²) in [6.45, 7) is 0.383. The van der Waals surface area contributed by atoms with E-state index < -0.39 is 11.6 Å². The second-order valence-corrected chi connectivity index (χ2v) is 6.93. The molecule has 0 aliphatic carbocycles. The van der Waals surface area contributed by atoms with Crippen molar-refractivity contribution in [1.82, 2.24) is 10.1 Å². The van der Waals surface area contributed by atoms with Gasteiger partial charge in [0.05, 0.1) is 24.1 Å². The number of rotatable bonds is 7. The molecule has 2 heterocycles. The molecule has 0 bridgehead atoms. The number of aromatic nitrogens is 2. The Morgan fingerprint density at radius 3 is 2.58 bits per heavy atom. The van der Waals surface area contributed by atoms with E-state index in [9.17, 15) is 8.78 Å². The molecule has 0 saturated heterocycles. The molecule has 0 spiro atoms. The molecule has 0 fully saturated rings. The molecule has 8 heteroatoms. The molecule has 0 radical (unpaired) electrons. The third-order valence-electron chi connectivity index (χ3n) is 4.77. The van der Waals surface area contributed by atoms with Crippen LogP contribution in [0.25, 0.3) is 11.3 Å². The van der Waals surface area contributed by atoms with Crippen molar-refractivity contribution < 1.29 is 18.0 Å². The maximum atomic E-state index is 13.8. The number of nitrogens with zero attached hydrogens (tertiary/aromatic N) is 2. The molecule has 2 aromatic heterocycles. The van der Waals surface area contributed by atoms with Crippen LogP contribution in [0.2, 0.25) is 0 Å². The number of ether oxygens (including phenoxy) is 1. The van der Waals surface area contributed by atoms with Gasteiger partial charge in [0.2, 0.25) is 0 Å². The predicted octanol–water partition coefficient (Wildman–Crippen LogP) is 4.81. The summed E-state index contributed by atoms with van der Waals surface area (Å²) in [5.74, 6) is -0.486. The zero-order chi connectivity index (χ0) is 21.8.